The number of rotatable bonds is 7. The van der Waals surface area contributed by atoms with E-state index in [0.29, 0.717) is 55.8 Å². The van der Waals surface area contributed by atoms with E-state index in [1.807, 2.05) is 31.2 Å². The number of sulfonamides is 1. The van der Waals surface area contributed by atoms with Gasteiger partial charge in [-0.25, -0.2) is 8.42 Å². The molecule has 1 fully saturated rings. The number of ether oxygens (including phenoxy) is 2. The number of methoxy groups -OCH3 is 1. The SMILES string of the molecule is CCOc1ccc(S(=O)(=O)N2CCC(c3noc(-c4cccc(OC)c4)n3)CC2)cc1. The summed E-state index contributed by atoms with van der Waals surface area (Å²) in [6, 6.07) is 14.0. The van der Waals surface area contributed by atoms with E-state index < -0.39 is 10.0 Å². The predicted octanol–water partition coefficient (Wildman–Crippen LogP) is 3.71. The smallest absolute Gasteiger partial charge is 0.258 e. The lowest BCUT2D eigenvalue weighted by Crippen LogP contribution is -2.38. The van der Waals surface area contributed by atoms with Gasteiger partial charge in [-0.3, -0.25) is 0 Å². The Labute approximate surface area is 181 Å². The fraction of sp³-hybridized carbons (Fsp3) is 0.364. The molecule has 0 saturated carbocycles. The Balaban J connectivity index is 1.42. The molecule has 2 aromatic carbocycles. The Kier molecular flexibility index (Phi) is 6.24. The van der Waals surface area contributed by atoms with E-state index in [4.69, 9.17) is 14.0 Å². The molecule has 0 amide bonds. The van der Waals surface area contributed by atoms with Crippen molar-refractivity contribution in [2.24, 2.45) is 0 Å². The molecule has 0 radical (unpaired) electrons. The van der Waals surface area contributed by atoms with E-state index in [1.54, 1.807) is 31.4 Å². The van der Waals surface area contributed by atoms with E-state index in [0.717, 1.165) is 5.56 Å². The van der Waals surface area contributed by atoms with Gasteiger partial charge < -0.3 is 14.0 Å². The van der Waals surface area contributed by atoms with Crippen LogP contribution in [0.25, 0.3) is 11.5 Å². The fourth-order valence-electron chi connectivity index (χ4n) is 3.65. The van der Waals surface area contributed by atoms with E-state index in [1.165, 1.54) is 4.31 Å². The van der Waals surface area contributed by atoms with Gasteiger partial charge in [-0.1, -0.05) is 11.2 Å². The van der Waals surface area contributed by atoms with Crippen molar-refractivity contribution in [2.75, 3.05) is 26.8 Å². The van der Waals surface area contributed by atoms with Gasteiger partial charge in [0, 0.05) is 24.6 Å². The lowest BCUT2D eigenvalue weighted by molar-refractivity contribution is 0.307. The van der Waals surface area contributed by atoms with Gasteiger partial charge in [0.15, 0.2) is 5.82 Å². The average Bonchev–Trinajstić information content (AvgIpc) is 3.30. The van der Waals surface area contributed by atoms with Gasteiger partial charge in [0.2, 0.25) is 10.0 Å². The summed E-state index contributed by atoms with van der Waals surface area (Å²) in [5.41, 5.74) is 0.786. The maximum Gasteiger partial charge on any atom is 0.258 e. The minimum atomic E-state index is -3.55. The topological polar surface area (TPSA) is 94.8 Å². The van der Waals surface area contributed by atoms with Crippen molar-refractivity contribution in [1.82, 2.24) is 14.4 Å². The third-order valence-corrected chi connectivity index (χ3v) is 7.26. The fourth-order valence-corrected chi connectivity index (χ4v) is 5.12. The molecular weight excluding hydrogens is 418 g/mol. The highest BCUT2D eigenvalue weighted by Crippen LogP contribution is 2.31. The summed E-state index contributed by atoms with van der Waals surface area (Å²) in [7, 11) is -1.94. The summed E-state index contributed by atoms with van der Waals surface area (Å²) in [6.45, 7) is 3.24. The van der Waals surface area contributed by atoms with Crippen LogP contribution in [0.4, 0.5) is 0 Å². The predicted molar refractivity (Wildman–Crippen MR) is 115 cm³/mol. The maximum absolute atomic E-state index is 13.0. The zero-order valence-electron chi connectivity index (χ0n) is 17.5. The Morgan fingerprint density at radius 1 is 1.10 bits per heavy atom. The van der Waals surface area contributed by atoms with Crippen LogP contribution in [0.3, 0.4) is 0 Å². The normalized spacial score (nSPS) is 15.7. The van der Waals surface area contributed by atoms with Crippen molar-refractivity contribution < 1.29 is 22.4 Å². The Bertz CT molecular complexity index is 1120. The monoisotopic (exact) mass is 443 g/mol. The number of piperidine rings is 1. The van der Waals surface area contributed by atoms with Gasteiger partial charge in [-0.05, 0) is 62.2 Å². The second-order valence-corrected chi connectivity index (χ2v) is 9.21. The zero-order valence-corrected chi connectivity index (χ0v) is 18.3. The summed E-state index contributed by atoms with van der Waals surface area (Å²) >= 11 is 0. The summed E-state index contributed by atoms with van der Waals surface area (Å²) in [6.07, 6.45) is 1.26. The van der Waals surface area contributed by atoms with Gasteiger partial charge in [-0.2, -0.15) is 9.29 Å². The van der Waals surface area contributed by atoms with E-state index in [9.17, 15) is 8.42 Å². The van der Waals surface area contributed by atoms with E-state index >= 15 is 0 Å². The lowest BCUT2D eigenvalue weighted by atomic mass is 9.97. The molecule has 0 N–H and O–H groups in total. The van der Waals surface area contributed by atoms with Crippen molar-refractivity contribution in [3.63, 3.8) is 0 Å². The second kappa shape index (κ2) is 9.07. The third-order valence-electron chi connectivity index (χ3n) is 5.35. The maximum atomic E-state index is 13.0. The minimum Gasteiger partial charge on any atom is -0.497 e. The molecule has 9 heteroatoms. The molecule has 0 spiro atoms. The molecule has 1 aliphatic rings. The Morgan fingerprint density at radius 3 is 2.52 bits per heavy atom. The summed E-state index contributed by atoms with van der Waals surface area (Å²) in [4.78, 5) is 4.81. The van der Waals surface area contributed by atoms with Crippen LogP contribution in [-0.2, 0) is 10.0 Å². The minimum absolute atomic E-state index is 0.0508. The van der Waals surface area contributed by atoms with Gasteiger partial charge in [0.05, 0.1) is 18.6 Å². The molecule has 31 heavy (non-hydrogen) atoms. The van der Waals surface area contributed by atoms with Gasteiger partial charge in [0.1, 0.15) is 11.5 Å². The Hall–Kier alpha value is -2.91. The largest absolute Gasteiger partial charge is 0.497 e. The molecule has 1 saturated heterocycles. The molecule has 0 aliphatic carbocycles. The van der Waals surface area contributed by atoms with Crippen molar-refractivity contribution in [1.29, 1.82) is 0 Å². The zero-order chi connectivity index (χ0) is 21.8. The number of nitrogens with zero attached hydrogens (tertiary/aromatic N) is 3. The molecule has 2 heterocycles. The molecule has 164 valence electrons. The first kappa shape index (κ1) is 21.3. The molecule has 0 bridgehead atoms. The Morgan fingerprint density at radius 2 is 1.84 bits per heavy atom. The molecule has 1 aliphatic heterocycles. The number of hydrogen-bond donors (Lipinski definition) is 0. The van der Waals surface area contributed by atoms with Gasteiger partial charge >= 0.3 is 0 Å². The number of aromatic nitrogens is 2. The summed E-state index contributed by atoms with van der Waals surface area (Å²) in [5.74, 6) is 2.46. The molecule has 3 aromatic rings. The molecular formula is C22H25N3O5S. The van der Waals surface area contributed by atoms with E-state index in [-0.39, 0.29) is 10.8 Å². The lowest BCUT2D eigenvalue weighted by Gasteiger charge is -2.29. The molecule has 0 unspecified atom stereocenters. The van der Waals surface area contributed by atoms with Crippen LogP contribution in [0.2, 0.25) is 0 Å². The van der Waals surface area contributed by atoms with Gasteiger partial charge in [-0.15, -0.1) is 0 Å². The molecule has 8 nitrogen and oxygen atoms in total. The number of hydrogen-bond acceptors (Lipinski definition) is 7. The molecule has 0 atom stereocenters. The van der Waals surface area contributed by atoms with Crippen LogP contribution in [0.1, 0.15) is 31.5 Å². The van der Waals surface area contributed by atoms with Crippen molar-refractivity contribution in [2.45, 2.75) is 30.6 Å². The van der Waals surface area contributed by atoms with Gasteiger partial charge in [0.25, 0.3) is 5.89 Å². The van der Waals surface area contributed by atoms with Crippen LogP contribution < -0.4 is 9.47 Å². The first-order valence-electron chi connectivity index (χ1n) is 10.2. The third kappa shape index (κ3) is 4.57. The number of benzene rings is 2. The summed E-state index contributed by atoms with van der Waals surface area (Å²) < 4.78 is 43.5. The van der Waals surface area contributed by atoms with Crippen LogP contribution in [-0.4, -0.2) is 49.7 Å². The van der Waals surface area contributed by atoms with Crippen LogP contribution in [0.15, 0.2) is 57.9 Å². The first-order chi connectivity index (χ1) is 15.0. The quantitative estimate of drug-likeness (QED) is 0.549. The van der Waals surface area contributed by atoms with Crippen molar-refractivity contribution >= 4 is 10.0 Å². The van der Waals surface area contributed by atoms with Crippen LogP contribution in [0.5, 0.6) is 11.5 Å². The standard InChI is InChI=1S/C22H25N3O5S/c1-3-29-18-7-9-20(10-8-18)31(26,27)25-13-11-16(12-14-25)21-23-22(30-24-21)17-5-4-6-19(15-17)28-2/h4-10,15-16H,3,11-14H2,1-2H3. The van der Waals surface area contributed by atoms with E-state index in [2.05, 4.69) is 10.1 Å². The molecule has 4 rings (SSSR count). The highest BCUT2D eigenvalue weighted by atomic mass is 32.2. The van der Waals surface area contributed by atoms with Crippen LogP contribution in [0, 0.1) is 0 Å². The molecule has 1 aromatic heterocycles. The first-order valence-corrected chi connectivity index (χ1v) is 11.7. The average molecular weight is 444 g/mol. The van der Waals surface area contributed by atoms with Crippen molar-refractivity contribution in [3.8, 4) is 23.0 Å². The highest BCUT2D eigenvalue weighted by molar-refractivity contribution is 7.89. The summed E-state index contributed by atoms with van der Waals surface area (Å²) in [5, 5.41) is 4.14. The van der Waals surface area contributed by atoms with Crippen molar-refractivity contribution in [3.05, 3.63) is 54.4 Å². The highest BCUT2D eigenvalue weighted by Gasteiger charge is 2.32. The van der Waals surface area contributed by atoms with Crippen LogP contribution >= 0.6 is 0 Å². The second-order valence-electron chi connectivity index (χ2n) is 7.27.